The van der Waals surface area contributed by atoms with Crippen molar-refractivity contribution in [3.05, 3.63) is 95.4 Å². The molecule has 4 aromatic rings. The first-order valence-electron chi connectivity index (χ1n) is 10.5. The van der Waals surface area contributed by atoms with E-state index >= 15 is 0 Å². The van der Waals surface area contributed by atoms with Gasteiger partial charge < -0.3 is 10.1 Å². The maximum Gasteiger partial charge on any atom is 0.248 e. The minimum absolute atomic E-state index is 0.178. The maximum absolute atomic E-state index is 12.3. The smallest absolute Gasteiger partial charge is 0.248 e. The van der Waals surface area contributed by atoms with Crippen molar-refractivity contribution in [2.24, 2.45) is 0 Å². The number of nitrogens with one attached hydrogen (secondary N) is 1. The Morgan fingerprint density at radius 1 is 0.969 bits per heavy atom. The van der Waals surface area contributed by atoms with E-state index in [1.165, 1.54) is 11.0 Å². The van der Waals surface area contributed by atoms with Crippen LogP contribution in [0, 0.1) is 6.92 Å². The molecular weight excluding hydrogens is 416 g/mol. The summed E-state index contributed by atoms with van der Waals surface area (Å²) in [5, 5.41) is 3.91. The van der Waals surface area contributed by atoms with Crippen LogP contribution in [0.3, 0.4) is 0 Å². The molecule has 0 saturated carbocycles. The molecule has 1 heterocycles. The van der Waals surface area contributed by atoms with E-state index in [1.807, 2.05) is 73.7 Å². The van der Waals surface area contributed by atoms with Crippen LogP contribution in [0.4, 0.5) is 5.69 Å². The van der Waals surface area contributed by atoms with Gasteiger partial charge in [-0.1, -0.05) is 54.6 Å². The van der Waals surface area contributed by atoms with Gasteiger partial charge in [-0.05, 0) is 49.8 Å². The molecule has 0 aliphatic rings. The first-order valence-corrected chi connectivity index (χ1v) is 11.3. The molecule has 32 heavy (non-hydrogen) atoms. The standard InChI is InChI=1S/C27H24N2O2S/c1-3-31-24-16-9-20(10-17-24)11-18-25(30)28-23-14-12-21(13-15-23)26-19(2)32-27(29-26)22-7-5-4-6-8-22/h4-18H,3H2,1-2H3,(H,28,30)/b18-11+. The first-order chi connectivity index (χ1) is 15.6. The Labute approximate surface area is 192 Å². The lowest BCUT2D eigenvalue weighted by atomic mass is 10.1. The number of thiazole rings is 1. The molecule has 0 fully saturated rings. The molecule has 3 aromatic carbocycles. The molecule has 1 aromatic heterocycles. The Hall–Kier alpha value is -3.70. The number of rotatable bonds is 7. The zero-order chi connectivity index (χ0) is 22.3. The molecule has 0 spiro atoms. The molecule has 0 atom stereocenters. The lowest BCUT2D eigenvalue weighted by Crippen LogP contribution is -2.07. The van der Waals surface area contributed by atoms with Crippen LogP contribution in [0.25, 0.3) is 27.9 Å². The molecule has 0 aliphatic heterocycles. The Morgan fingerprint density at radius 3 is 2.38 bits per heavy atom. The summed E-state index contributed by atoms with van der Waals surface area (Å²) in [7, 11) is 0. The first kappa shape index (κ1) is 21.5. The molecule has 0 saturated heterocycles. The van der Waals surface area contributed by atoms with E-state index in [0.717, 1.165) is 38.8 Å². The van der Waals surface area contributed by atoms with E-state index in [4.69, 9.17) is 9.72 Å². The third kappa shape index (κ3) is 5.31. The van der Waals surface area contributed by atoms with Gasteiger partial charge in [0.05, 0.1) is 12.3 Å². The Balaban J connectivity index is 1.40. The van der Waals surface area contributed by atoms with Crippen molar-refractivity contribution in [1.29, 1.82) is 0 Å². The summed E-state index contributed by atoms with van der Waals surface area (Å²) < 4.78 is 5.43. The van der Waals surface area contributed by atoms with Crippen LogP contribution in [0.1, 0.15) is 17.4 Å². The SMILES string of the molecule is CCOc1ccc(/C=C/C(=O)Nc2ccc(-c3nc(-c4ccccc4)sc3C)cc2)cc1. The van der Waals surface area contributed by atoms with Crippen molar-refractivity contribution < 1.29 is 9.53 Å². The van der Waals surface area contributed by atoms with Crippen LogP contribution in [-0.2, 0) is 4.79 Å². The predicted octanol–water partition coefficient (Wildman–Crippen LogP) is 6.84. The maximum atomic E-state index is 12.3. The van der Waals surface area contributed by atoms with Crippen LogP contribution < -0.4 is 10.1 Å². The molecule has 0 bridgehead atoms. The van der Waals surface area contributed by atoms with Gasteiger partial charge in [0.15, 0.2) is 0 Å². The van der Waals surface area contributed by atoms with E-state index in [-0.39, 0.29) is 5.91 Å². The van der Waals surface area contributed by atoms with Crippen LogP contribution in [0.5, 0.6) is 5.75 Å². The van der Waals surface area contributed by atoms with Crippen LogP contribution in [-0.4, -0.2) is 17.5 Å². The summed E-state index contributed by atoms with van der Waals surface area (Å²) in [5.41, 5.74) is 4.81. The van der Waals surface area contributed by atoms with Crippen LogP contribution in [0.15, 0.2) is 84.9 Å². The normalized spacial score (nSPS) is 10.9. The Morgan fingerprint density at radius 2 is 1.69 bits per heavy atom. The number of carbonyl (C=O) groups is 1. The number of ether oxygens (including phenoxy) is 1. The van der Waals surface area contributed by atoms with Gasteiger partial charge in [-0.3, -0.25) is 4.79 Å². The van der Waals surface area contributed by atoms with E-state index in [9.17, 15) is 4.79 Å². The van der Waals surface area contributed by atoms with Crippen molar-refractivity contribution >= 4 is 29.0 Å². The molecule has 0 aliphatic carbocycles. The van der Waals surface area contributed by atoms with E-state index in [0.29, 0.717) is 6.61 Å². The zero-order valence-electron chi connectivity index (χ0n) is 18.0. The van der Waals surface area contributed by atoms with Gasteiger partial charge in [0.1, 0.15) is 10.8 Å². The van der Waals surface area contributed by atoms with Gasteiger partial charge >= 0.3 is 0 Å². The second-order valence-electron chi connectivity index (χ2n) is 7.19. The Bertz CT molecular complexity index is 1210. The molecule has 4 nitrogen and oxygen atoms in total. The lowest BCUT2D eigenvalue weighted by Gasteiger charge is -2.04. The zero-order valence-corrected chi connectivity index (χ0v) is 18.9. The highest BCUT2D eigenvalue weighted by Crippen LogP contribution is 2.33. The Kier molecular flexibility index (Phi) is 6.78. The summed E-state index contributed by atoms with van der Waals surface area (Å²) in [4.78, 5) is 18.3. The topological polar surface area (TPSA) is 51.2 Å². The number of hydrogen-bond donors (Lipinski definition) is 1. The second-order valence-corrected chi connectivity index (χ2v) is 8.40. The number of benzene rings is 3. The highest BCUT2D eigenvalue weighted by molar-refractivity contribution is 7.15. The number of aryl methyl sites for hydroxylation is 1. The van der Waals surface area contributed by atoms with Gasteiger partial charge in [0, 0.05) is 27.8 Å². The fourth-order valence-corrected chi connectivity index (χ4v) is 4.22. The van der Waals surface area contributed by atoms with Crippen molar-refractivity contribution in [2.75, 3.05) is 11.9 Å². The molecule has 1 N–H and O–H groups in total. The van der Waals surface area contributed by atoms with Crippen LogP contribution in [0.2, 0.25) is 0 Å². The second kappa shape index (κ2) is 10.1. The molecule has 160 valence electrons. The summed E-state index contributed by atoms with van der Waals surface area (Å²) in [6.45, 7) is 4.66. The molecule has 0 radical (unpaired) electrons. The number of amides is 1. The summed E-state index contributed by atoms with van der Waals surface area (Å²) >= 11 is 1.69. The minimum Gasteiger partial charge on any atom is -0.494 e. The number of carbonyl (C=O) groups excluding carboxylic acids is 1. The average molecular weight is 441 g/mol. The average Bonchev–Trinajstić information content (AvgIpc) is 3.21. The number of aromatic nitrogens is 1. The molecule has 0 unspecified atom stereocenters. The lowest BCUT2D eigenvalue weighted by molar-refractivity contribution is -0.111. The monoisotopic (exact) mass is 440 g/mol. The fraction of sp³-hybridized carbons (Fsp3) is 0.111. The minimum atomic E-state index is -0.178. The summed E-state index contributed by atoms with van der Waals surface area (Å²) in [6.07, 6.45) is 3.31. The molecule has 4 rings (SSSR count). The number of anilines is 1. The van der Waals surface area contributed by atoms with Crippen LogP contribution >= 0.6 is 11.3 Å². The fourth-order valence-electron chi connectivity index (χ4n) is 3.28. The summed E-state index contributed by atoms with van der Waals surface area (Å²) in [5.74, 6) is 0.642. The number of nitrogens with zero attached hydrogens (tertiary/aromatic N) is 1. The van der Waals surface area contributed by atoms with Crippen molar-refractivity contribution in [2.45, 2.75) is 13.8 Å². The van der Waals surface area contributed by atoms with Crippen molar-refractivity contribution in [3.8, 4) is 27.6 Å². The van der Waals surface area contributed by atoms with Crippen molar-refractivity contribution in [1.82, 2.24) is 4.98 Å². The van der Waals surface area contributed by atoms with Gasteiger partial charge in [-0.15, -0.1) is 11.3 Å². The predicted molar refractivity (Wildman–Crippen MR) is 133 cm³/mol. The molecular formula is C27H24N2O2S. The molecule has 1 amide bonds. The summed E-state index contributed by atoms with van der Waals surface area (Å²) in [6, 6.07) is 25.6. The van der Waals surface area contributed by atoms with Crippen molar-refractivity contribution in [3.63, 3.8) is 0 Å². The van der Waals surface area contributed by atoms with Gasteiger partial charge in [0.2, 0.25) is 5.91 Å². The highest BCUT2D eigenvalue weighted by atomic mass is 32.1. The highest BCUT2D eigenvalue weighted by Gasteiger charge is 2.11. The largest absolute Gasteiger partial charge is 0.494 e. The third-order valence-corrected chi connectivity index (χ3v) is 5.88. The van der Waals surface area contributed by atoms with E-state index < -0.39 is 0 Å². The quantitative estimate of drug-likeness (QED) is 0.320. The van der Waals surface area contributed by atoms with Gasteiger partial charge in [-0.25, -0.2) is 4.98 Å². The van der Waals surface area contributed by atoms with Gasteiger partial charge in [-0.2, -0.15) is 0 Å². The number of hydrogen-bond acceptors (Lipinski definition) is 4. The van der Waals surface area contributed by atoms with E-state index in [2.05, 4.69) is 24.4 Å². The third-order valence-electron chi connectivity index (χ3n) is 4.86. The van der Waals surface area contributed by atoms with E-state index in [1.54, 1.807) is 17.4 Å². The van der Waals surface area contributed by atoms with Gasteiger partial charge in [0.25, 0.3) is 0 Å². The molecule has 5 heteroatoms.